The van der Waals surface area contributed by atoms with Gasteiger partial charge in [0.05, 0.1) is 9.72 Å². The minimum absolute atomic E-state index is 0.240. The van der Waals surface area contributed by atoms with Crippen LogP contribution in [-0.2, 0) is 6.61 Å². The van der Waals surface area contributed by atoms with Crippen LogP contribution in [0, 0.1) is 0 Å². The van der Waals surface area contributed by atoms with Crippen molar-refractivity contribution in [3.63, 3.8) is 0 Å². The average Bonchev–Trinajstić information content (AvgIpc) is 3.11. The average molecular weight is 395 g/mol. The molecule has 6 heteroatoms. The zero-order valence-electron chi connectivity index (χ0n) is 14.2. The molecule has 0 aliphatic heterocycles. The van der Waals surface area contributed by atoms with Crippen molar-refractivity contribution in [2.45, 2.75) is 6.61 Å². The highest BCUT2D eigenvalue weighted by molar-refractivity contribution is 7.22. The Bertz CT molecular complexity index is 1100. The van der Waals surface area contributed by atoms with Crippen LogP contribution in [0.15, 0.2) is 72.8 Å². The van der Waals surface area contributed by atoms with Gasteiger partial charge in [-0.25, -0.2) is 4.98 Å². The van der Waals surface area contributed by atoms with E-state index in [2.05, 4.69) is 10.3 Å². The van der Waals surface area contributed by atoms with Crippen molar-refractivity contribution in [3.05, 3.63) is 88.9 Å². The van der Waals surface area contributed by atoms with Crippen molar-refractivity contribution in [1.82, 2.24) is 4.98 Å². The molecule has 0 spiro atoms. The molecule has 0 saturated heterocycles. The van der Waals surface area contributed by atoms with Crippen molar-refractivity contribution in [1.29, 1.82) is 0 Å². The normalized spacial score (nSPS) is 10.7. The van der Waals surface area contributed by atoms with Gasteiger partial charge in [-0.15, -0.1) is 0 Å². The number of carbonyl (C=O) groups excluding carboxylic acids is 1. The Balaban J connectivity index is 1.47. The van der Waals surface area contributed by atoms with E-state index in [1.165, 1.54) is 11.3 Å². The summed E-state index contributed by atoms with van der Waals surface area (Å²) < 4.78 is 6.71. The number of nitrogens with zero attached hydrogens (tertiary/aromatic N) is 1. The van der Waals surface area contributed by atoms with Crippen molar-refractivity contribution in [2.75, 3.05) is 5.32 Å². The highest BCUT2D eigenvalue weighted by Gasteiger charge is 2.12. The van der Waals surface area contributed by atoms with Crippen molar-refractivity contribution < 1.29 is 9.53 Å². The first-order chi connectivity index (χ1) is 13.2. The summed E-state index contributed by atoms with van der Waals surface area (Å²) in [6.07, 6.45) is 0. The van der Waals surface area contributed by atoms with E-state index in [0.29, 0.717) is 33.6 Å². The molecule has 0 bridgehead atoms. The molecule has 3 aromatic carbocycles. The lowest BCUT2D eigenvalue weighted by atomic mass is 10.2. The number of rotatable bonds is 5. The van der Waals surface area contributed by atoms with E-state index < -0.39 is 0 Å². The number of aromatic nitrogens is 1. The van der Waals surface area contributed by atoms with E-state index in [4.69, 9.17) is 16.3 Å². The summed E-state index contributed by atoms with van der Waals surface area (Å²) in [5, 5.41) is 3.91. The van der Waals surface area contributed by atoms with Crippen LogP contribution >= 0.6 is 22.9 Å². The molecule has 4 rings (SSSR count). The van der Waals surface area contributed by atoms with Crippen LogP contribution in [0.3, 0.4) is 0 Å². The third-order valence-corrected chi connectivity index (χ3v) is 5.18. The van der Waals surface area contributed by atoms with Crippen LogP contribution in [0.2, 0.25) is 5.02 Å². The Morgan fingerprint density at radius 2 is 1.85 bits per heavy atom. The van der Waals surface area contributed by atoms with Gasteiger partial charge in [0.2, 0.25) is 0 Å². The van der Waals surface area contributed by atoms with Gasteiger partial charge in [-0.05, 0) is 35.9 Å². The molecule has 134 valence electrons. The Morgan fingerprint density at radius 3 is 2.67 bits per heavy atom. The number of halogens is 1. The van der Waals surface area contributed by atoms with Gasteiger partial charge < -0.3 is 4.74 Å². The Kier molecular flexibility index (Phi) is 5.05. The van der Waals surface area contributed by atoms with Gasteiger partial charge in [-0.2, -0.15) is 0 Å². The van der Waals surface area contributed by atoms with E-state index in [1.807, 2.05) is 48.5 Å². The molecule has 1 amide bonds. The van der Waals surface area contributed by atoms with E-state index in [1.54, 1.807) is 24.3 Å². The SMILES string of the molecule is O=C(Nc1nc2c(Cl)cccc2s1)c1cccc(OCc2ccccc2)c1. The summed E-state index contributed by atoms with van der Waals surface area (Å²) in [6.45, 7) is 0.447. The zero-order chi connectivity index (χ0) is 18.6. The maximum Gasteiger partial charge on any atom is 0.257 e. The number of thiazole rings is 1. The van der Waals surface area contributed by atoms with Gasteiger partial charge in [0.1, 0.15) is 17.9 Å². The minimum atomic E-state index is -0.240. The summed E-state index contributed by atoms with van der Waals surface area (Å²) in [7, 11) is 0. The van der Waals surface area contributed by atoms with Crippen LogP contribution < -0.4 is 10.1 Å². The third kappa shape index (κ3) is 4.10. The fourth-order valence-corrected chi connectivity index (χ4v) is 3.77. The smallest absolute Gasteiger partial charge is 0.257 e. The Labute approximate surface area is 165 Å². The fraction of sp³-hybridized carbons (Fsp3) is 0.0476. The fourth-order valence-electron chi connectivity index (χ4n) is 2.61. The number of amides is 1. The Hall–Kier alpha value is -2.89. The molecule has 27 heavy (non-hydrogen) atoms. The summed E-state index contributed by atoms with van der Waals surface area (Å²) in [4.78, 5) is 17.0. The molecular formula is C21H15ClN2O2S. The molecule has 0 fully saturated rings. The van der Waals surface area contributed by atoms with Crippen molar-refractivity contribution in [2.24, 2.45) is 0 Å². The molecule has 0 aliphatic carbocycles. The predicted octanol–water partition coefficient (Wildman–Crippen LogP) is 5.78. The number of hydrogen-bond donors (Lipinski definition) is 1. The van der Waals surface area contributed by atoms with E-state index in [0.717, 1.165) is 10.3 Å². The first-order valence-electron chi connectivity index (χ1n) is 8.32. The summed E-state index contributed by atoms with van der Waals surface area (Å²) in [5.41, 5.74) is 2.27. The third-order valence-electron chi connectivity index (χ3n) is 3.93. The van der Waals surface area contributed by atoms with E-state index >= 15 is 0 Å². The standard InChI is InChI=1S/C21H15ClN2O2S/c22-17-10-5-11-18-19(17)23-21(27-18)24-20(25)15-8-4-9-16(12-15)26-13-14-6-2-1-3-7-14/h1-12H,13H2,(H,23,24,25). The molecule has 0 atom stereocenters. The second kappa shape index (κ2) is 7.78. The van der Waals surface area contributed by atoms with Crippen molar-refractivity contribution in [3.8, 4) is 5.75 Å². The largest absolute Gasteiger partial charge is 0.489 e. The van der Waals surface area contributed by atoms with E-state index in [9.17, 15) is 4.79 Å². The zero-order valence-corrected chi connectivity index (χ0v) is 15.8. The quantitative estimate of drug-likeness (QED) is 0.466. The number of hydrogen-bond acceptors (Lipinski definition) is 4. The maximum atomic E-state index is 12.6. The molecular weight excluding hydrogens is 380 g/mol. The number of carbonyl (C=O) groups is 1. The Morgan fingerprint density at radius 1 is 1.04 bits per heavy atom. The second-order valence-corrected chi connectivity index (χ2v) is 7.30. The summed E-state index contributed by atoms with van der Waals surface area (Å²) in [6, 6.07) is 22.5. The van der Waals surface area contributed by atoms with Gasteiger partial charge >= 0.3 is 0 Å². The first-order valence-corrected chi connectivity index (χ1v) is 9.52. The minimum Gasteiger partial charge on any atom is -0.489 e. The lowest BCUT2D eigenvalue weighted by Gasteiger charge is -2.08. The number of ether oxygens (including phenoxy) is 1. The van der Waals surface area contributed by atoms with Gasteiger partial charge in [-0.3, -0.25) is 10.1 Å². The maximum absolute atomic E-state index is 12.6. The number of anilines is 1. The monoisotopic (exact) mass is 394 g/mol. The molecule has 0 saturated carbocycles. The number of fused-ring (bicyclic) bond motifs is 1. The van der Waals surface area contributed by atoms with Crippen LogP contribution in [0.1, 0.15) is 15.9 Å². The molecule has 0 unspecified atom stereocenters. The molecule has 4 nitrogen and oxygen atoms in total. The van der Waals surface area contributed by atoms with Crippen LogP contribution in [0.25, 0.3) is 10.2 Å². The number of para-hydroxylation sites is 1. The van der Waals surface area contributed by atoms with Gasteiger partial charge in [0, 0.05) is 5.56 Å². The molecule has 0 radical (unpaired) electrons. The van der Waals surface area contributed by atoms with Gasteiger partial charge in [-0.1, -0.05) is 65.4 Å². The molecule has 1 N–H and O–H groups in total. The topological polar surface area (TPSA) is 51.2 Å². The highest BCUT2D eigenvalue weighted by Crippen LogP contribution is 2.31. The first kappa shape index (κ1) is 17.5. The second-order valence-electron chi connectivity index (χ2n) is 5.86. The number of benzene rings is 3. The predicted molar refractivity (Wildman–Crippen MR) is 110 cm³/mol. The van der Waals surface area contributed by atoms with Crippen LogP contribution in [0.4, 0.5) is 5.13 Å². The van der Waals surface area contributed by atoms with Crippen LogP contribution in [-0.4, -0.2) is 10.9 Å². The summed E-state index contributed by atoms with van der Waals surface area (Å²) in [5.74, 6) is 0.397. The molecule has 0 aliphatic rings. The molecule has 4 aromatic rings. The summed E-state index contributed by atoms with van der Waals surface area (Å²) >= 11 is 7.53. The highest BCUT2D eigenvalue weighted by atomic mass is 35.5. The van der Waals surface area contributed by atoms with Crippen molar-refractivity contribution >= 4 is 44.2 Å². The molecule has 1 heterocycles. The van der Waals surface area contributed by atoms with Gasteiger partial charge in [0.15, 0.2) is 5.13 Å². The molecule has 1 aromatic heterocycles. The number of nitrogens with one attached hydrogen (secondary N) is 1. The lowest BCUT2D eigenvalue weighted by molar-refractivity contribution is 0.102. The van der Waals surface area contributed by atoms with Crippen LogP contribution in [0.5, 0.6) is 5.75 Å². The van der Waals surface area contributed by atoms with E-state index in [-0.39, 0.29) is 5.91 Å². The lowest BCUT2D eigenvalue weighted by Crippen LogP contribution is -2.11. The van der Waals surface area contributed by atoms with Gasteiger partial charge in [0.25, 0.3) is 5.91 Å².